The third-order valence-corrected chi connectivity index (χ3v) is 3.37. The number of urea groups is 1. The highest BCUT2D eigenvalue weighted by Crippen LogP contribution is 2.23. The van der Waals surface area contributed by atoms with Crippen LogP contribution in [0.15, 0.2) is 47.6 Å². The average molecular weight is 338 g/mol. The smallest absolute Gasteiger partial charge is 0.332 e. The number of rotatable bonds is 5. The minimum absolute atomic E-state index is 0.358. The van der Waals surface area contributed by atoms with Crippen LogP contribution in [0.5, 0.6) is 5.75 Å². The molecule has 2 aromatic carbocycles. The molecule has 0 heterocycles. The van der Waals surface area contributed by atoms with Crippen LogP contribution in [0, 0.1) is 0 Å². The molecule has 0 saturated carbocycles. The molecule has 0 aliphatic heterocycles. The summed E-state index contributed by atoms with van der Waals surface area (Å²) >= 11 is 11.8. The Morgan fingerprint density at radius 1 is 1.23 bits per heavy atom. The lowest BCUT2D eigenvalue weighted by Crippen LogP contribution is -2.24. The van der Waals surface area contributed by atoms with Gasteiger partial charge in [-0.2, -0.15) is 5.10 Å². The van der Waals surface area contributed by atoms with Crippen LogP contribution in [-0.2, 0) is 6.61 Å². The molecule has 5 nitrogen and oxygen atoms in total. The van der Waals surface area contributed by atoms with Crippen LogP contribution in [0.1, 0.15) is 11.1 Å². The van der Waals surface area contributed by atoms with Crippen molar-refractivity contribution in [1.29, 1.82) is 0 Å². The van der Waals surface area contributed by atoms with Crippen molar-refractivity contribution in [3.8, 4) is 5.75 Å². The number of nitrogens with zero attached hydrogens (tertiary/aromatic N) is 1. The number of nitrogens with two attached hydrogens (primary N) is 1. The van der Waals surface area contributed by atoms with Gasteiger partial charge in [0.1, 0.15) is 12.4 Å². The fourth-order valence-electron chi connectivity index (χ4n) is 1.65. The molecule has 0 radical (unpaired) electrons. The van der Waals surface area contributed by atoms with E-state index in [0.29, 0.717) is 22.4 Å². The van der Waals surface area contributed by atoms with Gasteiger partial charge in [0.15, 0.2) is 0 Å². The van der Waals surface area contributed by atoms with Crippen molar-refractivity contribution in [3.05, 3.63) is 63.6 Å². The molecular formula is C15H13Cl2N3O2. The molecule has 2 rings (SSSR count). The van der Waals surface area contributed by atoms with Crippen LogP contribution in [0.2, 0.25) is 10.0 Å². The van der Waals surface area contributed by atoms with Crippen LogP contribution in [0.3, 0.4) is 0 Å². The minimum atomic E-state index is -0.719. The molecule has 0 aliphatic rings. The first kappa shape index (κ1) is 16.1. The van der Waals surface area contributed by atoms with Gasteiger partial charge in [-0.1, -0.05) is 41.4 Å². The number of carbonyl (C=O) groups is 1. The number of ether oxygens (including phenoxy) is 1. The maximum absolute atomic E-state index is 10.5. The quantitative estimate of drug-likeness (QED) is 0.646. The fourth-order valence-corrected chi connectivity index (χ4v) is 1.97. The minimum Gasteiger partial charge on any atom is -0.489 e. The summed E-state index contributed by atoms with van der Waals surface area (Å²) in [6, 6.07) is 11.8. The van der Waals surface area contributed by atoms with Crippen molar-refractivity contribution < 1.29 is 9.53 Å². The number of hydrogen-bond acceptors (Lipinski definition) is 3. The van der Waals surface area contributed by atoms with E-state index in [1.54, 1.807) is 18.2 Å². The van der Waals surface area contributed by atoms with Gasteiger partial charge in [0, 0.05) is 0 Å². The molecule has 7 heteroatoms. The van der Waals surface area contributed by atoms with E-state index in [9.17, 15) is 4.79 Å². The predicted molar refractivity (Wildman–Crippen MR) is 87.5 cm³/mol. The van der Waals surface area contributed by atoms with Crippen molar-refractivity contribution in [3.63, 3.8) is 0 Å². The molecule has 0 atom stereocenters. The summed E-state index contributed by atoms with van der Waals surface area (Å²) in [6.07, 6.45) is 1.47. The van der Waals surface area contributed by atoms with Gasteiger partial charge in [-0.3, -0.25) is 0 Å². The third kappa shape index (κ3) is 4.95. The predicted octanol–water partition coefficient (Wildman–Crippen LogP) is 3.57. The number of hydrogen-bond donors (Lipinski definition) is 2. The Balaban J connectivity index is 1.99. The number of amides is 2. The van der Waals surface area contributed by atoms with Crippen LogP contribution in [0.25, 0.3) is 0 Å². The number of primary amides is 1. The van der Waals surface area contributed by atoms with Gasteiger partial charge >= 0.3 is 6.03 Å². The molecule has 0 bridgehead atoms. The van der Waals surface area contributed by atoms with Crippen LogP contribution < -0.4 is 15.9 Å². The van der Waals surface area contributed by atoms with E-state index in [-0.39, 0.29) is 0 Å². The maximum Gasteiger partial charge on any atom is 0.332 e. The van der Waals surface area contributed by atoms with Crippen molar-refractivity contribution in [2.24, 2.45) is 10.8 Å². The lowest BCUT2D eigenvalue weighted by atomic mass is 10.2. The van der Waals surface area contributed by atoms with Gasteiger partial charge in [0.2, 0.25) is 0 Å². The molecule has 22 heavy (non-hydrogen) atoms. The molecule has 114 valence electrons. The zero-order valence-corrected chi connectivity index (χ0v) is 12.9. The molecule has 2 aromatic rings. The summed E-state index contributed by atoms with van der Waals surface area (Å²) in [4.78, 5) is 10.5. The number of nitrogens with one attached hydrogen (secondary N) is 1. The highest BCUT2D eigenvalue weighted by molar-refractivity contribution is 6.42. The Morgan fingerprint density at radius 3 is 2.77 bits per heavy atom. The highest BCUT2D eigenvalue weighted by Gasteiger charge is 2.01. The summed E-state index contributed by atoms with van der Waals surface area (Å²) < 4.78 is 5.68. The summed E-state index contributed by atoms with van der Waals surface area (Å²) in [7, 11) is 0. The average Bonchev–Trinajstić information content (AvgIpc) is 2.49. The van der Waals surface area contributed by atoms with Crippen molar-refractivity contribution >= 4 is 35.4 Å². The molecule has 0 unspecified atom stereocenters. The number of hydrazone groups is 1. The van der Waals surface area contributed by atoms with Crippen LogP contribution >= 0.6 is 23.2 Å². The Labute approximate surface area is 137 Å². The van der Waals surface area contributed by atoms with Gasteiger partial charge in [-0.15, -0.1) is 0 Å². The molecule has 2 amide bonds. The largest absolute Gasteiger partial charge is 0.489 e. The Morgan fingerprint density at radius 2 is 2.05 bits per heavy atom. The van der Waals surface area contributed by atoms with Crippen molar-refractivity contribution in [1.82, 2.24) is 5.43 Å². The maximum atomic E-state index is 10.5. The highest BCUT2D eigenvalue weighted by atomic mass is 35.5. The molecule has 0 fully saturated rings. The lowest BCUT2D eigenvalue weighted by molar-refractivity contribution is 0.249. The summed E-state index contributed by atoms with van der Waals surface area (Å²) in [6.45, 7) is 0.358. The van der Waals surface area contributed by atoms with E-state index in [1.807, 2.05) is 24.3 Å². The van der Waals surface area contributed by atoms with Crippen LogP contribution in [-0.4, -0.2) is 12.2 Å². The Hall–Kier alpha value is -2.24. The van der Waals surface area contributed by atoms with E-state index >= 15 is 0 Å². The standard InChI is InChI=1S/C15H13Cl2N3O2/c16-13-5-4-11(7-14(13)17)9-22-12-3-1-2-10(6-12)8-19-20-15(18)21/h1-8H,9H2,(H3,18,20,21)/b19-8+. The Bertz CT molecular complexity index is 705. The zero-order valence-electron chi connectivity index (χ0n) is 11.4. The third-order valence-electron chi connectivity index (χ3n) is 2.64. The molecule has 0 spiro atoms. The summed E-state index contributed by atoms with van der Waals surface area (Å²) in [5.41, 5.74) is 8.71. The lowest BCUT2D eigenvalue weighted by Gasteiger charge is -2.07. The molecule has 0 aliphatic carbocycles. The molecular weight excluding hydrogens is 325 g/mol. The van der Waals surface area contributed by atoms with E-state index in [2.05, 4.69) is 10.5 Å². The van der Waals surface area contributed by atoms with Gasteiger partial charge < -0.3 is 10.5 Å². The van der Waals surface area contributed by atoms with Gasteiger partial charge in [0.25, 0.3) is 0 Å². The van der Waals surface area contributed by atoms with Gasteiger partial charge in [-0.25, -0.2) is 10.2 Å². The monoisotopic (exact) mass is 337 g/mol. The first-order valence-corrected chi connectivity index (χ1v) is 7.05. The van der Waals surface area contributed by atoms with Gasteiger partial charge in [-0.05, 0) is 35.4 Å². The second-order valence-corrected chi connectivity index (χ2v) is 5.16. The SMILES string of the molecule is NC(=O)N/N=C/c1cccc(OCc2ccc(Cl)c(Cl)c2)c1. The van der Waals surface area contributed by atoms with Crippen LogP contribution in [0.4, 0.5) is 4.79 Å². The second-order valence-electron chi connectivity index (χ2n) is 4.34. The summed E-state index contributed by atoms with van der Waals surface area (Å²) in [5.74, 6) is 0.661. The first-order valence-electron chi connectivity index (χ1n) is 6.30. The van der Waals surface area contributed by atoms with Crippen molar-refractivity contribution in [2.45, 2.75) is 6.61 Å². The van der Waals surface area contributed by atoms with E-state index in [0.717, 1.165) is 11.1 Å². The van der Waals surface area contributed by atoms with Crippen molar-refractivity contribution in [2.75, 3.05) is 0 Å². The normalized spacial score (nSPS) is 10.6. The number of halogens is 2. The summed E-state index contributed by atoms with van der Waals surface area (Å²) in [5, 5.41) is 4.68. The number of benzene rings is 2. The molecule has 0 aromatic heterocycles. The number of carbonyl (C=O) groups excluding carboxylic acids is 1. The van der Waals surface area contributed by atoms with E-state index in [4.69, 9.17) is 33.7 Å². The second kappa shape index (κ2) is 7.68. The van der Waals surface area contributed by atoms with E-state index in [1.165, 1.54) is 6.21 Å². The topological polar surface area (TPSA) is 76.7 Å². The Kier molecular flexibility index (Phi) is 5.63. The zero-order chi connectivity index (χ0) is 15.9. The van der Waals surface area contributed by atoms with E-state index < -0.39 is 6.03 Å². The fraction of sp³-hybridized carbons (Fsp3) is 0.0667. The first-order chi connectivity index (χ1) is 10.5. The van der Waals surface area contributed by atoms with Gasteiger partial charge in [0.05, 0.1) is 16.3 Å². The molecule has 3 N–H and O–H groups in total. The molecule has 0 saturated heterocycles.